The third-order valence-corrected chi connectivity index (χ3v) is 3.02. The quantitative estimate of drug-likeness (QED) is 0.656. The second-order valence-electron chi connectivity index (χ2n) is 4.37. The molecule has 1 amide bonds. The Balaban J connectivity index is 2.22. The zero-order valence-electron chi connectivity index (χ0n) is 10.1. The Labute approximate surface area is 93.2 Å². The monoisotopic (exact) mass is 212 g/mol. The Hall–Kier alpha value is -0.570. The minimum absolute atomic E-state index is 0.103. The van der Waals surface area contributed by atoms with E-state index >= 15 is 0 Å². The Kier molecular flexibility index (Phi) is 5.69. The highest BCUT2D eigenvalue weighted by Gasteiger charge is 2.29. The maximum Gasteiger partial charge on any atom is 0.240 e. The van der Waals surface area contributed by atoms with Crippen LogP contribution < -0.4 is 5.32 Å². The van der Waals surface area contributed by atoms with Gasteiger partial charge in [0.25, 0.3) is 0 Å². The minimum atomic E-state index is 0.103. The smallest absolute Gasteiger partial charge is 0.240 e. The molecular formula is C12H24N2O. The molecule has 0 aromatic rings. The van der Waals surface area contributed by atoms with Gasteiger partial charge >= 0.3 is 0 Å². The number of nitrogens with zero attached hydrogens (tertiary/aromatic N) is 1. The zero-order chi connectivity index (χ0) is 11.1. The van der Waals surface area contributed by atoms with Crippen LogP contribution >= 0.6 is 0 Å². The molecule has 15 heavy (non-hydrogen) atoms. The summed E-state index contributed by atoms with van der Waals surface area (Å²) in [4.78, 5) is 13.8. The number of unbranched alkanes of at least 4 members (excludes halogenated alkanes) is 3. The summed E-state index contributed by atoms with van der Waals surface area (Å²) in [5, 5.41) is 3.29. The fraction of sp³-hybridized carbons (Fsp3) is 0.917. The van der Waals surface area contributed by atoms with Crippen molar-refractivity contribution in [3.8, 4) is 0 Å². The summed E-state index contributed by atoms with van der Waals surface area (Å²) in [6, 6.07) is 0.103. The normalized spacial score (nSPS) is 21.3. The number of carbonyl (C=O) groups excluding carboxylic acids is 1. The van der Waals surface area contributed by atoms with Crippen molar-refractivity contribution in [3.63, 3.8) is 0 Å². The predicted molar refractivity (Wildman–Crippen MR) is 62.6 cm³/mol. The van der Waals surface area contributed by atoms with Gasteiger partial charge < -0.3 is 4.90 Å². The molecule has 0 aromatic carbocycles. The van der Waals surface area contributed by atoms with Crippen LogP contribution in [0.15, 0.2) is 0 Å². The topological polar surface area (TPSA) is 32.3 Å². The van der Waals surface area contributed by atoms with Gasteiger partial charge in [-0.15, -0.1) is 0 Å². The molecule has 1 fully saturated rings. The maximum absolute atomic E-state index is 11.9. The molecule has 1 N–H and O–H groups in total. The first kappa shape index (κ1) is 12.5. The first-order valence-electron chi connectivity index (χ1n) is 6.31. The molecule has 1 aliphatic heterocycles. The van der Waals surface area contributed by atoms with E-state index in [1.807, 2.05) is 4.90 Å². The molecule has 1 saturated heterocycles. The largest absolute Gasteiger partial charge is 0.329 e. The lowest BCUT2D eigenvalue weighted by Crippen LogP contribution is -2.31. The van der Waals surface area contributed by atoms with Gasteiger partial charge in [0.1, 0.15) is 0 Å². The van der Waals surface area contributed by atoms with E-state index in [0.717, 1.165) is 32.5 Å². The van der Waals surface area contributed by atoms with Gasteiger partial charge in [0.2, 0.25) is 5.91 Å². The third-order valence-electron chi connectivity index (χ3n) is 3.02. The standard InChI is InChI=1S/C12H24N2O/c1-3-5-7-9-14-10-13-11(12(14)15)8-6-4-2/h11,13H,3-10H2,1-2H3. The van der Waals surface area contributed by atoms with E-state index < -0.39 is 0 Å². The molecule has 3 heteroatoms. The van der Waals surface area contributed by atoms with Gasteiger partial charge in [-0.05, 0) is 12.8 Å². The predicted octanol–water partition coefficient (Wildman–Crippen LogP) is 2.12. The van der Waals surface area contributed by atoms with Gasteiger partial charge in [-0.2, -0.15) is 0 Å². The number of carbonyl (C=O) groups is 1. The molecule has 0 saturated carbocycles. The second-order valence-corrected chi connectivity index (χ2v) is 4.37. The fourth-order valence-electron chi connectivity index (χ4n) is 1.98. The number of amides is 1. The molecule has 0 aliphatic carbocycles. The van der Waals surface area contributed by atoms with Gasteiger partial charge in [0.15, 0.2) is 0 Å². The maximum atomic E-state index is 11.9. The molecule has 0 aromatic heterocycles. The van der Waals surface area contributed by atoms with Crippen molar-refractivity contribution in [1.29, 1.82) is 0 Å². The lowest BCUT2D eigenvalue weighted by Gasteiger charge is -2.14. The first-order valence-corrected chi connectivity index (χ1v) is 6.31. The van der Waals surface area contributed by atoms with Gasteiger partial charge in [-0.25, -0.2) is 0 Å². The highest BCUT2D eigenvalue weighted by Crippen LogP contribution is 2.11. The van der Waals surface area contributed by atoms with E-state index in [2.05, 4.69) is 19.2 Å². The fourth-order valence-corrected chi connectivity index (χ4v) is 1.98. The molecular weight excluding hydrogens is 188 g/mol. The molecule has 1 unspecified atom stereocenters. The Morgan fingerprint density at radius 3 is 2.67 bits per heavy atom. The van der Waals surface area contributed by atoms with Crippen LogP contribution in [0.2, 0.25) is 0 Å². The van der Waals surface area contributed by atoms with Crippen LogP contribution in [0.1, 0.15) is 52.4 Å². The van der Waals surface area contributed by atoms with Crippen LogP contribution in [0.25, 0.3) is 0 Å². The minimum Gasteiger partial charge on any atom is -0.329 e. The van der Waals surface area contributed by atoms with Crippen molar-refractivity contribution in [1.82, 2.24) is 10.2 Å². The SMILES string of the molecule is CCCCCN1CNC(CCCC)C1=O. The van der Waals surface area contributed by atoms with Crippen molar-refractivity contribution in [2.45, 2.75) is 58.4 Å². The van der Waals surface area contributed by atoms with Crippen LogP contribution in [-0.2, 0) is 4.79 Å². The summed E-state index contributed by atoms with van der Waals surface area (Å²) < 4.78 is 0. The van der Waals surface area contributed by atoms with Crippen LogP contribution in [-0.4, -0.2) is 30.1 Å². The van der Waals surface area contributed by atoms with Crippen molar-refractivity contribution >= 4 is 5.91 Å². The summed E-state index contributed by atoms with van der Waals surface area (Å²) >= 11 is 0. The number of rotatable bonds is 7. The first-order chi connectivity index (χ1) is 7.29. The summed E-state index contributed by atoms with van der Waals surface area (Å²) in [5.74, 6) is 0.319. The van der Waals surface area contributed by atoms with E-state index in [1.165, 1.54) is 19.3 Å². The van der Waals surface area contributed by atoms with Crippen molar-refractivity contribution in [3.05, 3.63) is 0 Å². The van der Waals surface area contributed by atoms with Crippen LogP contribution in [0.3, 0.4) is 0 Å². The average molecular weight is 212 g/mol. The molecule has 0 radical (unpaired) electrons. The molecule has 1 atom stereocenters. The van der Waals surface area contributed by atoms with E-state index in [9.17, 15) is 4.79 Å². The Morgan fingerprint density at radius 2 is 2.00 bits per heavy atom. The molecule has 1 rings (SSSR count). The average Bonchev–Trinajstić information content (AvgIpc) is 2.58. The zero-order valence-corrected chi connectivity index (χ0v) is 10.1. The lowest BCUT2D eigenvalue weighted by molar-refractivity contribution is -0.129. The van der Waals surface area contributed by atoms with Crippen LogP contribution in [0.5, 0.6) is 0 Å². The summed E-state index contributed by atoms with van der Waals surface area (Å²) in [6.07, 6.45) is 6.90. The summed E-state index contributed by atoms with van der Waals surface area (Å²) in [6.45, 7) is 6.05. The molecule has 0 spiro atoms. The molecule has 1 heterocycles. The van der Waals surface area contributed by atoms with Crippen molar-refractivity contribution in [2.24, 2.45) is 0 Å². The van der Waals surface area contributed by atoms with Gasteiger partial charge in [-0.3, -0.25) is 10.1 Å². The van der Waals surface area contributed by atoms with Crippen molar-refractivity contribution in [2.75, 3.05) is 13.2 Å². The van der Waals surface area contributed by atoms with E-state index in [-0.39, 0.29) is 6.04 Å². The number of hydrogen-bond acceptors (Lipinski definition) is 2. The van der Waals surface area contributed by atoms with Gasteiger partial charge in [0, 0.05) is 6.54 Å². The molecule has 1 aliphatic rings. The van der Waals surface area contributed by atoms with Crippen LogP contribution in [0, 0.1) is 0 Å². The highest BCUT2D eigenvalue weighted by atomic mass is 16.2. The molecule has 88 valence electrons. The van der Waals surface area contributed by atoms with Gasteiger partial charge in [-0.1, -0.05) is 39.5 Å². The summed E-state index contributed by atoms with van der Waals surface area (Å²) in [5.41, 5.74) is 0. The van der Waals surface area contributed by atoms with E-state index in [1.54, 1.807) is 0 Å². The van der Waals surface area contributed by atoms with Crippen LogP contribution in [0.4, 0.5) is 0 Å². The highest BCUT2D eigenvalue weighted by molar-refractivity contribution is 5.83. The second kappa shape index (κ2) is 6.83. The molecule has 3 nitrogen and oxygen atoms in total. The molecule has 0 bridgehead atoms. The van der Waals surface area contributed by atoms with E-state index in [4.69, 9.17) is 0 Å². The van der Waals surface area contributed by atoms with E-state index in [0.29, 0.717) is 5.91 Å². The summed E-state index contributed by atoms with van der Waals surface area (Å²) in [7, 11) is 0. The lowest BCUT2D eigenvalue weighted by atomic mass is 10.1. The Bertz CT molecular complexity index is 194. The van der Waals surface area contributed by atoms with Crippen molar-refractivity contribution < 1.29 is 4.79 Å². The van der Waals surface area contributed by atoms with Gasteiger partial charge in [0.05, 0.1) is 12.7 Å². The number of hydrogen-bond donors (Lipinski definition) is 1. The number of nitrogens with one attached hydrogen (secondary N) is 1. The Morgan fingerprint density at radius 1 is 1.27 bits per heavy atom. The third kappa shape index (κ3) is 3.82.